The maximum atomic E-state index is 11.1. The topological polar surface area (TPSA) is 75.3 Å². The second-order valence-corrected chi connectivity index (χ2v) is 3.85. The molecule has 0 aromatic rings. The van der Waals surface area contributed by atoms with Crippen LogP contribution in [-0.4, -0.2) is 30.7 Å². The van der Waals surface area contributed by atoms with Crippen molar-refractivity contribution in [1.29, 1.82) is 0 Å². The highest BCUT2D eigenvalue weighted by molar-refractivity contribution is 5.97. The standard InChI is InChI=1S/C10H18N2O3/c1-7(2)5-11-10(15)6-12-9(14)4-8(3)13/h7H,4-6H2,1-3H3,(H,11,15)(H,12,14). The third-order valence-electron chi connectivity index (χ3n) is 1.56. The third kappa shape index (κ3) is 8.93. The summed E-state index contributed by atoms with van der Waals surface area (Å²) in [6, 6.07) is 0. The molecule has 0 rings (SSSR count). The first kappa shape index (κ1) is 13.6. The highest BCUT2D eigenvalue weighted by Gasteiger charge is 2.07. The molecule has 0 fully saturated rings. The summed E-state index contributed by atoms with van der Waals surface area (Å²) in [5.41, 5.74) is 0. The molecule has 0 aliphatic carbocycles. The summed E-state index contributed by atoms with van der Waals surface area (Å²) in [5.74, 6) is -0.486. The Morgan fingerprint density at radius 3 is 2.13 bits per heavy atom. The van der Waals surface area contributed by atoms with Crippen LogP contribution in [0.1, 0.15) is 27.2 Å². The minimum atomic E-state index is -0.415. The van der Waals surface area contributed by atoms with Crippen LogP contribution in [0.2, 0.25) is 0 Å². The van der Waals surface area contributed by atoms with E-state index in [-0.39, 0.29) is 24.7 Å². The van der Waals surface area contributed by atoms with E-state index in [0.29, 0.717) is 12.5 Å². The third-order valence-corrected chi connectivity index (χ3v) is 1.56. The first-order valence-electron chi connectivity index (χ1n) is 4.94. The molecule has 0 unspecified atom stereocenters. The van der Waals surface area contributed by atoms with Gasteiger partial charge in [-0.05, 0) is 12.8 Å². The van der Waals surface area contributed by atoms with Crippen molar-refractivity contribution in [3.05, 3.63) is 0 Å². The second-order valence-electron chi connectivity index (χ2n) is 3.85. The van der Waals surface area contributed by atoms with Crippen LogP contribution in [0.4, 0.5) is 0 Å². The van der Waals surface area contributed by atoms with Crippen molar-refractivity contribution in [3.63, 3.8) is 0 Å². The fraction of sp³-hybridized carbons (Fsp3) is 0.700. The summed E-state index contributed by atoms with van der Waals surface area (Å²) in [5, 5.41) is 5.02. The zero-order valence-electron chi connectivity index (χ0n) is 9.42. The largest absolute Gasteiger partial charge is 0.354 e. The molecular weight excluding hydrogens is 196 g/mol. The van der Waals surface area contributed by atoms with Crippen molar-refractivity contribution in [3.8, 4) is 0 Å². The number of hydrogen-bond acceptors (Lipinski definition) is 3. The Kier molecular flexibility index (Phi) is 6.33. The predicted octanol–water partition coefficient (Wildman–Crippen LogP) is -0.146. The Bertz CT molecular complexity index is 249. The number of amides is 2. The molecule has 0 saturated heterocycles. The smallest absolute Gasteiger partial charge is 0.239 e. The van der Waals surface area contributed by atoms with Gasteiger partial charge in [-0.1, -0.05) is 13.8 Å². The molecule has 2 amide bonds. The average molecular weight is 214 g/mol. The van der Waals surface area contributed by atoms with Gasteiger partial charge in [0.05, 0.1) is 13.0 Å². The first-order valence-corrected chi connectivity index (χ1v) is 4.94. The van der Waals surface area contributed by atoms with Crippen molar-refractivity contribution in [1.82, 2.24) is 10.6 Å². The highest BCUT2D eigenvalue weighted by Crippen LogP contribution is 1.86. The molecule has 5 nitrogen and oxygen atoms in total. The molecule has 0 heterocycles. The van der Waals surface area contributed by atoms with Crippen LogP contribution in [0.3, 0.4) is 0 Å². The summed E-state index contributed by atoms with van der Waals surface area (Å²) in [4.78, 5) is 32.7. The van der Waals surface area contributed by atoms with Crippen LogP contribution in [0, 0.1) is 5.92 Å². The lowest BCUT2D eigenvalue weighted by Gasteiger charge is -2.08. The molecule has 2 N–H and O–H groups in total. The maximum Gasteiger partial charge on any atom is 0.239 e. The quantitative estimate of drug-likeness (QED) is 0.604. The monoisotopic (exact) mass is 214 g/mol. The van der Waals surface area contributed by atoms with Gasteiger partial charge in [0, 0.05) is 6.54 Å². The molecule has 0 spiro atoms. The summed E-state index contributed by atoms with van der Waals surface area (Å²) in [6.45, 7) is 5.81. The molecule has 0 saturated carbocycles. The van der Waals surface area contributed by atoms with E-state index in [1.54, 1.807) is 0 Å². The fourth-order valence-corrected chi connectivity index (χ4v) is 0.848. The lowest BCUT2D eigenvalue weighted by molar-refractivity contribution is -0.129. The number of hydrogen-bond donors (Lipinski definition) is 2. The number of rotatable bonds is 6. The lowest BCUT2D eigenvalue weighted by Crippen LogP contribution is -2.38. The minimum absolute atomic E-state index is 0.0706. The Labute approximate surface area is 89.6 Å². The Morgan fingerprint density at radius 2 is 1.67 bits per heavy atom. The fourth-order valence-electron chi connectivity index (χ4n) is 0.848. The van der Waals surface area contributed by atoms with Crippen LogP contribution in [0.5, 0.6) is 0 Å². The van der Waals surface area contributed by atoms with E-state index in [4.69, 9.17) is 0 Å². The SMILES string of the molecule is CC(=O)CC(=O)NCC(=O)NCC(C)C. The lowest BCUT2D eigenvalue weighted by atomic mass is 10.2. The van der Waals surface area contributed by atoms with Gasteiger partial charge in [0.2, 0.25) is 11.8 Å². The van der Waals surface area contributed by atoms with Crippen LogP contribution in [0.25, 0.3) is 0 Å². The summed E-state index contributed by atoms with van der Waals surface area (Å²) < 4.78 is 0. The Hall–Kier alpha value is -1.39. The maximum absolute atomic E-state index is 11.1. The van der Waals surface area contributed by atoms with Gasteiger partial charge in [0.15, 0.2) is 0 Å². The summed E-state index contributed by atoms with van der Waals surface area (Å²) in [7, 11) is 0. The normalized spacial score (nSPS) is 9.87. The molecule has 0 aliphatic heterocycles. The van der Waals surface area contributed by atoms with Crippen molar-refractivity contribution >= 4 is 17.6 Å². The molecule has 0 aromatic carbocycles. The Balaban J connectivity index is 3.62. The average Bonchev–Trinajstić information content (AvgIpc) is 2.10. The van der Waals surface area contributed by atoms with E-state index in [9.17, 15) is 14.4 Å². The van der Waals surface area contributed by atoms with Gasteiger partial charge in [0.1, 0.15) is 5.78 Å². The molecule has 86 valence electrons. The number of nitrogens with one attached hydrogen (secondary N) is 2. The molecular formula is C10H18N2O3. The van der Waals surface area contributed by atoms with E-state index in [0.717, 1.165) is 0 Å². The molecule has 5 heteroatoms. The molecule has 0 aliphatic rings. The van der Waals surface area contributed by atoms with Crippen LogP contribution in [0.15, 0.2) is 0 Å². The molecule has 15 heavy (non-hydrogen) atoms. The zero-order chi connectivity index (χ0) is 11.8. The van der Waals surface area contributed by atoms with E-state index < -0.39 is 5.91 Å². The van der Waals surface area contributed by atoms with Crippen LogP contribution in [-0.2, 0) is 14.4 Å². The molecule has 0 bridgehead atoms. The molecule has 0 aromatic heterocycles. The van der Waals surface area contributed by atoms with Gasteiger partial charge in [0.25, 0.3) is 0 Å². The van der Waals surface area contributed by atoms with Gasteiger partial charge in [-0.2, -0.15) is 0 Å². The zero-order valence-corrected chi connectivity index (χ0v) is 9.42. The van der Waals surface area contributed by atoms with E-state index in [1.165, 1.54) is 6.92 Å². The predicted molar refractivity (Wildman–Crippen MR) is 56.2 cm³/mol. The van der Waals surface area contributed by atoms with Crippen LogP contribution >= 0.6 is 0 Å². The van der Waals surface area contributed by atoms with Crippen molar-refractivity contribution in [2.45, 2.75) is 27.2 Å². The van der Waals surface area contributed by atoms with Gasteiger partial charge in [-0.15, -0.1) is 0 Å². The van der Waals surface area contributed by atoms with Gasteiger partial charge in [-0.25, -0.2) is 0 Å². The number of carbonyl (C=O) groups excluding carboxylic acids is 3. The van der Waals surface area contributed by atoms with E-state index >= 15 is 0 Å². The summed E-state index contributed by atoms with van der Waals surface area (Å²) in [6.07, 6.45) is -0.169. The van der Waals surface area contributed by atoms with Gasteiger partial charge < -0.3 is 10.6 Å². The van der Waals surface area contributed by atoms with Crippen LogP contribution < -0.4 is 10.6 Å². The second kappa shape index (κ2) is 6.98. The summed E-state index contributed by atoms with van der Waals surface area (Å²) >= 11 is 0. The highest BCUT2D eigenvalue weighted by atomic mass is 16.2. The van der Waals surface area contributed by atoms with E-state index in [2.05, 4.69) is 10.6 Å². The first-order chi connectivity index (χ1) is 6.91. The van der Waals surface area contributed by atoms with E-state index in [1.807, 2.05) is 13.8 Å². The molecule has 0 radical (unpaired) electrons. The number of Topliss-reactive ketones (excluding diaryl/α,β-unsaturated/α-hetero) is 1. The van der Waals surface area contributed by atoms with Crippen molar-refractivity contribution in [2.75, 3.05) is 13.1 Å². The van der Waals surface area contributed by atoms with Gasteiger partial charge in [-0.3, -0.25) is 14.4 Å². The number of ketones is 1. The Morgan fingerprint density at radius 1 is 1.07 bits per heavy atom. The van der Waals surface area contributed by atoms with Crippen molar-refractivity contribution in [2.24, 2.45) is 5.92 Å². The minimum Gasteiger partial charge on any atom is -0.354 e. The number of carbonyl (C=O) groups is 3. The van der Waals surface area contributed by atoms with Crippen molar-refractivity contribution < 1.29 is 14.4 Å². The molecule has 0 atom stereocenters. The van der Waals surface area contributed by atoms with Gasteiger partial charge >= 0.3 is 0 Å².